The van der Waals surface area contributed by atoms with Crippen molar-refractivity contribution in [2.45, 2.75) is 386 Å². The highest BCUT2D eigenvalue weighted by Gasteiger charge is 2.22. The van der Waals surface area contributed by atoms with Crippen molar-refractivity contribution in [1.82, 2.24) is 0 Å². The molecule has 0 aliphatic rings. The normalized spacial score (nSPS) is 13.2. The van der Waals surface area contributed by atoms with Gasteiger partial charge in [-0.3, -0.25) is 14.2 Å². The van der Waals surface area contributed by atoms with Crippen molar-refractivity contribution in [1.29, 1.82) is 0 Å². The molecule has 0 aliphatic carbocycles. The van der Waals surface area contributed by atoms with Gasteiger partial charge in [-0.25, -0.2) is 0 Å². The van der Waals surface area contributed by atoms with E-state index in [9.17, 15) is 19.0 Å². The van der Waals surface area contributed by atoms with E-state index in [1.54, 1.807) is 0 Å². The summed E-state index contributed by atoms with van der Waals surface area (Å²) in [5, 5.41) is 0. The molecule has 2 atom stereocenters. The van der Waals surface area contributed by atoms with E-state index >= 15 is 0 Å². The summed E-state index contributed by atoms with van der Waals surface area (Å²) in [5.41, 5.74) is 0. The first-order valence-corrected chi connectivity index (χ1v) is 38.0. The summed E-state index contributed by atoms with van der Waals surface area (Å²) < 4.78 is 34.3. The van der Waals surface area contributed by atoms with E-state index in [2.05, 4.69) is 38.2 Å². The number of unbranched alkanes of at least 4 members (excludes halogenated alkanes) is 51. The molecule has 0 N–H and O–H groups in total. The first-order chi connectivity index (χ1) is 40.5. The van der Waals surface area contributed by atoms with E-state index in [0.717, 1.165) is 44.9 Å². The first-order valence-electron chi connectivity index (χ1n) is 36.5. The lowest BCUT2D eigenvalue weighted by atomic mass is 10.0. The van der Waals surface area contributed by atoms with E-state index in [1.165, 1.54) is 302 Å². The molecule has 2 unspecified atom stereocenters. The summed E-state index contributed by atoms with van der Waals surface area (Å²) in [6, 6.07) is 0. The molecule has 0 aromatic carbocycles. The first kappa shape index (κ1) is 81.5. The van der Waals surface area contributed by atoms with Crippen LogP contribution in [0.2, 0.25) is 0 Å². The highest BCUT2D eigenvalue weighted by molar-refractivity contribution is 7.45. The van der Waals surface area contributed by atoms with Gasteiger partial charge in [-0.05, 0) is 44.9 Å². The number of likely N-dealkylation sites (N-methyl/N-ethyl adjacent to an activating group) is 1. The molecule has 9 nitrogen and oxygen atoms in total. The van der Waals surface area contributed by atoms with Crippen molar-refractivity contribution in [3.63, 3.8) is 0 Å². The largest absolute Gasteiger partial charge is 0.756 e. The van der Waals surface area contributed by atoms with Crippen LogP contribution in [0.15, 0.2) is 24.3 Å². The second kappa shape index (κ2) is 64.9. The molecule has 0 fully saturated rings. The van der Waals surface area contributed by atoms with Crippen LogP contribution >= 0.6 is 7.82 Å². The minimum absolute atomic E-state index is 0.0277. The van der Waals surface area contributed by atoms with Gasteiger partial charge in [-0.15, -0.1) is 0 Å². The third-order valence-corrected chi connectivity index (χ3v) is 17.7. The lowest BCUT2D eigenvalue weighted by Gasteiger charge is -2.28. The van der Waals surface area contributed by atoms with Crippen molar-refractivity contribution >= 4 is 19.8 Å². The molecule has 0 aliphatic heterocycles. The molecular weight excluding hydrogens is 1050 g/mol. The van der Waals surface area contributed by atoms with Gasteiger partial charge < -0.3 is 27.9 Å². The molecule has 0 aromatic heterocycles. The zero-order valence-electron chi connectivity index (χ0n) is 56.2. The second-order valence-electron chi connectivity index (χ2n) is 26.3. The Hall–Kier alpha value is -1.51. The summed E-state index contributed by atoms with van der Waals surface area (Å²) in [7, 11) is 1.19. The Bertz CT molecular complexity index is 1450. The number of carbonyl (C=O) groups excluding carboxylic acids is 2. The van der Waals surface area contributed by atoms with Crippen molar-refractivity contribution in [3.8, 4) is 0 Å². The number of nitrogens with zero attached hydrogens (tertiary/aromatic N) is 1. The van der Waals surface area contributed by atoms with E-state index in [1.807, 2.05) is 21.1 Å². The van der Waals surface area contributed by atoms with Crippen LogP contribution in [0.4, 0.5) is 0 Å². The summed E-state index contributed by atoms with van der Waals surface area (Å²) in [5.74, 6) is -0.811. The lowest BCUT2D eigenvalue weighted by molar-refractivity contribution is -0.870. The Morgan fingerprint density at radius 2 is 0.651 bits per heavy atom. The fraction of sp³-hybridized carbons (Fsp3) is 0.918. The summed E-state index contributed by atoms with van der Waals surface area (Å²) >= 11 is 0. The molecule has 492 valence electrons. The van der Waals surface area contributed by atoms with Crippen LogP contribution in [0, 0.1) is 0 Å². The summed E-state index contributed by atoms with van der Waals surface area (Å²) in [6.07, 6.45) is 81.4. The SMILES string of the molecule is CCCCCCC/C=C\C/C=C\CCCCCCCCCCCCCCCC(=O)OC(COC(=O)CCCCCCCCCCCCCCCCCCCCCCCCCCCCCCCCCCCC)COP(=O)([O-])OCC[N+](C)(C)C. The van der Waals surface area contributed by atoms with Crippen LogP contribution in [0.1, 0.15) is 380 Å². The number of phosphoric ester groups is 1. The van der Waals surface area contributed by atoms with Gasteiger partial charge in [0.05, 0.1) is 27.7 Å². The van der Waals surface area contributed by atoms with Gasteiger partial charge in [0.1, 0.15) is 19.8 Å². The minimum Gasteiger partial charge on any atom is -0.756 e. The van der Waals surface area contributed by atoms with E-state index in [4.69, 9.17) is 18.5 Å². The molecule has 0 saturated heterocycles. The Balaban J connectivity index is 3.94. The molecule has 0 amide bonds. The molecular formula is C73H142NO8P. The zero-order valence-corrected chi connectivity index (χ0v) is 57.1. The number of quaternary nitrogens is 1. The van der Waals surface area contributed by atoms with Gasteiger partial charge in [0.25, 0.3) is 7.82 Å². The Labute approximate surface area is 517 Å². The van der Waals surface area contributed by atoms with Gasteiger partial charge in [0, 0.05) is 12.8 Å². The maximum absolute atomic E-state index is 12.9. The standard InChI is InChI=1S/C73H142NO8P/c1-6-8-10-12-14-16-18-20-22-24-26-28-30-32-33-34-35-36-37-38-39-40-42-43-45-47-49-51-53-55-57-59-61-63-65-72(75)79-69-71(70-81-83(77,78)80-68-67-74(3,4)5)82-73(76)66-64-62-60-58-56-54-52-50-48-46-44-41-31-29-27-25-23-21-19-17-15-13-11-9-7-2/h19,21,25,27,71H,6-18,20,22-24,26,28-70H2,1-5H3/b21-19-,27-25-. The third-order valence-electron chi connectivity index (χ3n) is 16.7. The Morgan fingerprint density at radius 1 is 0.373 bits per heavy atom. The fourth-order valence-electron chi connectivity index (χ4n) is 11.1. The van der Waals surface area contributed by atoms with Crippen molar-refractivity contribution in [2.75, 3.05) is 47.5 Å². The van der Waals surface area contributed by atoms with Crippen molar-refractivity contribution in [3.05, 3.63) is 24.3 Å². The number of allylic oxidation sites excluding steroid dienone is 4. The highest BCUT2D eigenvalue weighted by Crippen LogP contribution is 2.38. The highest BCUT2D eigenvalue weighted by atomic mass is 31.2. The zero-order chi connectivity index (χ0) is 60.5. The molecule has 0 spiro atoms. The van der Waals surface area contributed by atoms with Crippen LogP contribution < -0.4 is 4.89 Å². The average molecular weight is 1190 g/mol. The number of ether oxygens (including phenoxy) is 2. The molecule has 83 heavy (non-hydrogen) atoms. The van der Waals surface area contributed by atoms with Gasteiger partial charge in [-0.1, -0.05) is 346 Å². The molecule has 0 heterocycles. The van der Waals surface area contributed by atoms with Crippen molar-refractivity contribution < 1.29 is 42.1 Å². The predicted molar refractivity (Wildman–Crippen MR) is 356 cm³/mol. The van der Waals surface area contributed by atoms with Crippen LogP contribution in [0.5, 0.6) is 0 Å². The molecule has 0 rings (SSSR count). The maximum Gasteiger partial charge on any atom is 0.306 e. The third kappa shape index (κ3) is 69.5. The Morgan fingerprint density at radius 3 is 0.952 bits per heavy atom. The minimum atomic E-state index is -4.64. The molecule has 0 bridgehead atoms. The summed E-state index contributed by atoms with van der Waals surface area (Å²) in [4.78, 5) is 38.1. The smallest absolute Gasteiger partial charge is 0.306 e. The van der Waals surface area contributed by atoms with Gasteiger partial charge in [-0.2, -0.15) is 0 Å². The fourth-order valence-corrected chi connectivity index (χ4v) is 11.8. The van der Waals surface area contributed by atoms with E-state index in [0.29, 0.717) is 17.4 Å². The molecule has 0 aromatic rings. The quantitative estimate of drug-likeness (QED) is 0.0195. The van der Waals surface area contributed by atoms with E-state index < -0.39 is 26.5 Å². The molecule has 10 heteroatoms. The summed E-state index contributed by atoms with van der Waals surface area (Å²) in [6.45, 7) is 4.31. The van der Waals surface area contributed by atoms with Gasteiger partial charge in [0.15, 0.2) is 6.10 Å². The van der Waals surface area contributed by atoms with Crippen LogP contribution in [-0.2, 0) is 32.7 Å². The van der Waals surface area contributed by atoms with Crippen LogP contribution in [0.25, 0.3) is 0 Å². The average Bonchev–Trinajstić information content (AvgIpc) is 3.48. The monoisotopic (exact) mass is 1190 g/mol. The van der Waals surface area contributed by atoms with Gasteiger partial charge in [0.2, 0.25) is 0 Å². The number of hydrogen-bond acceptors (Lipinski definition) is 8. The number of phosphoric acid groups is 1. The van der Waals surface area contributed by atoms with Crippen LogP contribution in [0.3, 0.4) is 0 Å². The Kier molecular flexibility index (Phi) is 63.8. The molecule has 0 saturated carbocycles. The topological polar surface area (TPSA) is 111 Å². The second-order valence-corrected chi connectivity index (χ2v) is 27.7. The van der Waals surface area contributed by atoms with Gasteiger partial charge >= 0.3 is 11.9 Å². The number of esters is 2. The number of rotatable bonds is 69. The number of carbonyl (C=O) groups is 2. The lowest BCUT2D eigenvalue weighted by Crippen LogP contribution is -2.37. The van der Waals surface area contributed by atoms with E-state index in [-0.39, 0.29) is 32.0 Å². The number of hydrogen-bond donors (Lipinski definition) is 0. The molecule has 0 radical (unpaired) electrons. The van der Waals surface area contributed by atoms with Crippen LogP contribution in [-0.4, -0.2) is 70.0 Å². The van der Waals surface area contributed by atoms with Crippen molar-refractivity contribution in [2.24, 2.45) is 0 Å². The maximum atomic E-state index is 12.9. The predicted octanol–water partition coefficient (Wildman–Crippen LogP) is 23.0.